The van der Waals surface area contributed by atoms with Gasteiger partial charge >= 0.3 is 0 Å². The average Bonchev–Trinajstić information content (AvgIpc) is 3.36. The molecule has 1 amide bonds. The van der Waals surface area contributed by atoms with Crippen molar-refractivity contribution in [1.29, 1.82) is 0 Å². The van der Waals surface area contributed by atoms with Crippen molar-refractivity contribution in [2.24, 2.45) is 0 Å². The summed E-state index contributed by atoms with van der Waals surface area (Å²) in [6.07, 6.45) is 1.65. The minimum atomic E-state index is -0.715. The molecule has 31 heavy (non-hydrogen) atoms. The minimum Gasteiger partial charge on any atom is -0.507 e. The van der Waals surface area contributed by atoms with Crippen LogP contribution in [-0.4, -0.2) is 33.8 Å². The number of ether oxygens (including phenoxy) is 1. The summed E-state index contributed by atoms with van der Waals surface area (Å²) in [6.45, 7) is 3.94. The molecule has 2 aromatic heterocycles. The summed E-state index contributed by atoms with van der Waals surface area (Å²) in [7, 11) is 1.52. The monoisotopic (exact) mass is 434 g/mol. The van der Waals surface area contributed by atoms with Gasteiger partial charge in [-0.2, -0.15) is 0 Å². The quantitative estimate of drug-likeness (QED) is 0.366. The Hall–Kier alpha value is -3.45. The molecule has 1 unspecified atom stereocenters. The summed E-state index contributed by atoms with van der Waals surface area (Å²) in [5.74, 6) is -1.13. The van der Waals surface area contributed by atoms with Gasteiger partial charge in [-0.25, -0.2) is 0 Å². The van der Waals surface area contributed by atoms with Crippen LogP contribution in [0.5, 0.6) is 5.75 Å². The van der Waals surface area contributed by atoms with Crippen molar-refractivity contribution in [3.63, 3.8) is 0 Å². The first-order chi connectivity index (χ1) is 14.9. The molecule has 3 heterocycles. The summed E-state index contributed by atoms with van der Waals surface area (Å²) in [5, 5.41) is 13.2. The normalized spacial score (nSPS) is 17.9. The highest BCUT2D eigenvalue weighted by Gasteiger charge is 2.47. The molecule has 1 aromatic carbocycles. The first kappa shape index (κ1) is 20.8. The maximum absolute atomic E-state index is 13.1. The number of carbonyl (C=O) groups is 2. The van der Waals surface area contributed by atoms with Crippen LogP contribution in [0.3, 0.4) is 0 Å². The lowest BCUT2D eigenvalue weighted by Crippen LogP contribution is -2.29. The van der Waals surface area contributed by atoms with E-state index in [4.69, 9.17) is 4.74 Å². The smallest absolute Gasteiger partial charge is 0.296 e. The van der Waals surface area contributed by atoms with E-state index in [1.54, 1.807) is 24.4 Å². The Bertz CT molecular complexity index is 1170. The van der Waals surface area contributed by atoms with E-state index in [0.717, 1.165) is 16.0 Å². The lowest BCUT2D eigenvalue weighted by atomic mass is 9.96. The van der Waals surface area contributed by atoms with Crippen LogP contribution in [0, 0.1) is 13.8 Å². The number of benzene rings is 1. The number of Topliss-reactive ketones (excluding diaryl/α,β-unsaturated/α-hetero) is 1. The number of rotatable bonds is 5. The molecule has 1 atom stereocenters. The highest BCUT2D eigenvalue weighted by Crippen LogP contribution is 2.43. The van der Waals surface area contributed by atoms with Crippen LogP contribution in [-0.2, 0) is 16.1 Å². The highest BCUT2D eigenvalue weighted by molar-refractivity contribution is 7.10. The molecule has 4 rings (SSSR count). The Kier molecular flexibility index (Phi) is 5.61. The SMILES string of the molecule is COc1c(C)cc(C)cc1/C(O)=C1/C(=O)C(=O)N(Cc2ccccn2)C1c1cccs1. The number of hydrogen-bond donors (Lipinski definition) is 1. The molecular weight excluding hydrogens is 412 g/mol. The molecule has 1 fully saturated rings. The van der Waals surface area contributed by atoms with Crippen molar-refractivity contribution in [2.45, 2.75) is 26.4 Å². The fraction of sp³-hybridized carbons (Fsp3) is 0.208. The molecule has 0 radical (unpaired) electrons. The number of methoxy groups -OCH3 is 1. The van der Waals surface area contributed by atoms with Gasteiger partial charge in [0.2, 0.25) is 0 Å². The van der Waals surface area contributed by atoms with E-state index >= 15 is 0 Å². The van der Waals surface area contributed by atoms with Crippen LogP contribution in [0.2, 0.25) is 0 Å². The zero-order chi connectivity index (χ0) is 22.1. The molecule has 0 aliphatic carbocycles. The Balaban J connectivity index is 1.90. The van der Waals surface area contributed by atoms with Crippen molar-refractivity contribution in [3.05, 3.63) is 86.9 Å². The van der Waals surface area contributed by atoms with Crippen LogP contribution in [0.4, 0.5) is 0 Å². The molecule has 158 valence electrons. The van der Waals surface area contributed by atoms with Crippen molar-refractivity contribution in [1.82, 2.24) is 9.88 Å². The van der Waals surface area contributed by atoms with E-state index in [0.29, 0.717) is 17.0 Å². The van der Waals surface area contributed by atoms with Crippen LogP contribution in [0.1, 0.15) is 33.3 Å². The second kappa shape index (κ2) is 8.35. The van der Waals surface area contributed by atoms with Crippen molar-refractivity contribution in [3.8, 4) is 5.75 Å². The molecule has 1 N–H and O–H groups in total. The van der Waals surface area contributed by atoms with Gasteiger partial charge in [-0.1, -0.05) is 18.2 Å². The Morgan fingerprint density at radius 1 is 1.19 bits per heavy atom. The van der Waals surface area contributed by atoms with Crippen LogP contribution >= 0.6 is 11.3 Å². The number of ketones is 1. The van der Waals surface area contributed by atoms with Gasteiger partial charge in [0.25, 0.3) is 11.7 Å². The molecule has 0 bridgehead atoms. The van der Waals surface area contributed by atoms with Crippen LogP contribution < -0.4 is 4.74 Å². The van der Waals surface area contributed by atoms with Crippen LogP contribution in [0.15, 0.2) is 59.6 Å². The summed E-state index contributed by atoms with van der Waals surface area (Å²) in [5.41, 5.74) is 2.87. The molecule has 6 nitrogen and oxygen atoms in total. The number of amides is 1. The third-order valence-electron chi connectivity index (χ3n) is 5.29. The number of aliphatic hydroxyl groups is 1. The van der Waals surface area contributed by atoms with Crippen molar-refractivity contribution < 1.29 is 19.4 Å². The van der Waals surface area contributed by atoms with Gasteiger partial charge < -0.3 is 14.7 Å². The Morgan fingerprint density at radius 2 is 2.00 bits per heavy atom. The van der Waals surface area contributed by atoms with Gasteiger partial charge in [-0.3, -0.25) is 14.6 Å². The number of carbonyl (C=O) groups excluding carboxylic acids is 2. The third kappa shape index (κ3) is 3.72. The largest absolute Gasteiger partial charge is 0.507 e. The summed E-state index contributed by atoms with van der Waals surface area (Å²) in [6, 6.07) is 12.1. The van der Waals surface area contributed by atoms with Crippen molar-refractivity contribution in [2.75, 3.05) is 7.11 Å². The maximum atomic E-state index is 13.1. The number of thiophene rings is 1. The van der Waals surface area contributed by atoms with Gasteiger partial charge in [0, 0.05) is 11.1 Å². The molecule has 3 aromatic rings. The fourth-order valence-electron chi connectivity index (χ4n) is 4.00. The fourth-order valence-corrected chi connectivity index (χ4v) is 4.84. The number of likely N-dealkylation sites (tertiary alicyclic amines) is 1. The van der Waals surface area contributed by atoms with Crippen LogP contribution in [0.25, 0.3) is 5.76 Å². The molecule has 0 saturated carbocycles. The number of aliphatic hydroxyl groups excluding tert-OH is 1. The highest BCUT2D eigenvalue weighted by atomic mass is 32.1. The van der Waals surface area contributed by atoms with E-state index in [-0.39, 0.29) is 17.9 Å². The molecular formula is C24H22N2O4S. The molecule has 0 spiro atoms. The zero-order valence-electron chi connectivity index (χ0n) is 17.5. The summed E-state index contributed by atoms with van der Waals surface area (Å²) >= 11 is 1.43. The maximum Gasteiger partial charge on any atom is 0.296 e. The average molecular weight is 435 g/mol. The van der Waals surface area contributed by atoms with Gasteiger partial charge in [-0.15, -0.1) is 11.3 Å². The number of nitrogens with zero attached hydrogens (tertiary/aromatic N) is 2. The lowest BCUT2D eigenvalue weighted by molar-refractivity contribution is -0.140. The standard InChI is InChI=1S/C24H22N2O4S/c1-14-11-15(2)23(30-3)17(12-14)21(27)19-20(18-8-6-10-31-18)26(24(29)22(19)28)13-16-7-4-5-9-25-16/h4-12,20,27H,13H2,1-3H3/b21-19-. The minimum absolute atomic E-state index is 0.0617. The van der Waals surface area contributed by atoms with Gasteiger partial charge in [0.1, 0.15) is 17.6 Å². The van der Waals surface area contributed by atoms with E-state index < -0.39 is 17.7 Å². The van der Waals surface area contributed by atoms with Gasteiger partial charge in [0.15, 0.2) is 0 Å². The number of pyridine rings is 1. The van der Waals surface area contributed by atoms with Gasteiger partial charge in [0.05, 0.1) is 30.5 Å². The molecule has 1 saturated heterocycles. The number of aromatic nitrogens is 1. The first-order valence-electron chi connectivity index (χ1n) is 9.79. The predicted molar refractivity (Wildman–Crippen MR) is 119 cm³/mol. The predicted octanol–water partition coefficient (Wildman–Crippen LogP) is 4.39. The third-order valence-corrected chi connectivity index (χ3v) is 6.21. The van der Waals surface area contributed by atoms with Gasteiger partial charge in [-0.05, 0) is 54.6 Å². The van der Waals surface area contributed by atoms with E-state index in [1.165, 1.54) is 23.3 Å². The second-order valence-corrected chi connectivity index (χ2v) is 8.41. The van der Waals surface area contributed by atoms with E-state index in [9.17, 15) is 14.7 Å². The Labute approximate surface area is 184 Å². The van der Waals surface area contributed by atoms with Crippen molar-refractivity contribution >= 4 is 28.8 Å². The van der Waals surface area contributed by atoms with E-state index in [1.807, 2.05) is 43.5 Å². The number of aryl methyl sites for hydroxylation is 2. The zero-order valence-corrected chi connectivity index (χ0v) is 18.3. The van der Waals surface area contributed by atoms with E-state index in [2.05, 4.69) is 4.98 Å². The molecule has 7 heteroatoms. The Morgan fingerprint density at radius 3 is 2.65 bits per heavy atom. The molecule has 1 aliphatic heterocycles. The number of hydrogen-bond acceptors (Lipinski definition) is 6. The molecule has 1 aliphatic rings. The summed E-state index contributed by atoms with van der Waals surface area (Å²) in [4.78, 5) is 32.7. The second-order valence-electron chi connectivity index (χ2n) is 7.43. The first-order valence-corrected chi connectivity index (χ1v) is 10.7. The lowest BCUT2D eigenvalue weighted by Gasteiger charge is -2.24. The topological polar surface area (TPSA) is 79.7 Å². The summed E-state index contributed by atoms with van der Waals surface area (Å²) < 4.78 is 5.51.